The number of hydrogen-bond acceptors (Lipinski definition) is 4. The first-order valence-corrected chi connectivity index (χ1v) is 8.30. The molecule has 2 aliphatic carbocycles. The molecule has 0 amide bonds. The van der Waals surface area contributed by atoms with E-state index in [2.05, 4.69) is 12.4 Å². The summed E-state index contributed by atoms with van der Waals surface area (Å²) in [5.74, 6) is 0. The SMILES string of the molecule is CNC1(c2nc3c(s2)CCCC3)CCCC(OC)C1. The fourth-order valence-corrected chi connectivity index (χ4v) is 4.89. The van der Waals surface area contributed by atoms with Gasteiger partial charge in [0.05, 0.1) is 17.3 Å². The summed E-state index contributed by atoms with van der Waals surface area (Å²) in [5.41, 5.74) is 1.43. The normalized spacial score (nSPS) is 31.2. The predicted octanol–water partition coefficient (Wildman–Crippen LogP) is 3.03. The molecule has 2 atom stereocenters. The van der Waals surface area contributed by atoms with Gasteiger partial charge in [0, 0.05) is 12.0 Å². The van der Waals surface area contributed by atoms with Gasteiger partial charge in [-0.05, 0) is 58.4 Å². The second-order valence-electron chi connectivity index (χ2n) is 5.88. The Bertz CT molecular complexity index is 422. The first-order chi connectivity index (χ1) is 9.27. The Balaban J connectivity index is 1.90. The maximum absolute atomic E-state index is 5.61. The van der Waals surface area contributed by atoms with E-state index in [9.17, 15) is 0 Å². The van der Waals surface area contributed by atoms with E-state index in [1.54, 1.807) is 0 Å². The van der Waals surface area contributed by atoms with Gasteiger partial charge in [0.1, 0.15) is 5.01 Å². The molecule has 1 N–H and O–H groups in total. The van der Waals surface area contributed by atoms with Crippen molar-refractivity contribution in [3.05, 3.63) is 15.6 Å². The van der Waals surface area contributed by atoms with Crippen LogP contribution in [0, 0.1) is 0 Å². The zero-order valence-electron chi connectivity index (χ0n) is 12.0. The zero-order valence-corrected chi connectivity index (χ0v) is 12.8. The lowest BCUT2D eigenvalue weighted by Crippen LogP contribution is -2.46. The molecule has 0 saturated heterocycles. The average Bonchev–Trinajstić information content (AvgIpc) is 2.91. The molecule has 1 fully saturated rings. The smallest absolute Gasteiger partial charge is 0.113 e. The van der Waals surface area contributed by atoms with Gasteiger partial charge in [0.25, 0.3) is 0 Å². The molecule has 19 heavy (non-hydrogen) atoms. The first kappa shape index (κ1) is 13.5. The molecule has 0 bridgehead atoms. The molecular weight excluding hydrogens is 256 g/mol. The van der Waals surface area contributed by atoms with E-state index in [0.29, 0.717) is 6.10 Å². The quantitative estimate of drug-likeness (QED) is 0.924. The maximum atomic E-state index is 5.61. The van der Waals surface area contributed by atoms with Crippen LogP contribution in [0.15, 0.2) is 0 Å². The standard InChI is InChI=1S/C15H24N2OS/c1-16-15(9-5-6-11(10-15)18-2)14-17-12-7-3-4-8-13(12)19-14/h11,16H,3-10H2,1-2H3. The van der Waals surface area contributed by atoms with Crippen molar-refractivity contribution in [2.45, 2.75) is 63.0 Å². The van der Waals surface area contributed by atoms with Gasteiger partial charge in [-0.3, -0.25) is 0 Å². The van der Waals surface area contributed by atoms with Crippen molar-refractivity contribution < 1.29 is 4.74 Å². The summed E-state index contributed by atoms with van der Waals surface area (Å²) in [7, 11) is 3.92. The van der Waals surface area contributed by atoms with Crippen molar-refractivity contribution in [2.75, 3.05) is 14.2 Å². The van der Waals surface area contributed by atoms with Crippen molar-refractivity contribution in [2.24, 2.45) is 0 Å². The lowest BCUT2D eigenvalue weighted by molar-refractivity contribution is 0.0314. The lowest BCUT2D eigenvalue weighted by atomic mass is 9.80. The van der Waals surface area contributed by atoms with Crippen LogP contribution in [0.25, 0.3) is 0 Å². The third kappa shape index (κ3) is 2.46. The number of methoxy groups -OCH3 is 1. The molecule has 0 aromatic carbocycles. The van der Waals surface area contributed by atoms with E-state index >= 15 is 0 Å². The minimum atomic E-state index is 0.0565. The maximum Gasteiger partial charge on any atom is 0.113 e. The molecule has 3 rings (SSSR count). The fraction of sp³-hybridized carbons (Fsp3) is 0.800. The largest absolute Gasteiger partial charge is 0.381 e. The Morgan fingerprint density at radius 3 is 2.89 bits per heavy atom. The second-order valence-corrected chi connectivity index (χ2v) is 6.97. The third-order valence-electron chi connectivity index (χ3n) is 4.77. The van der Waals surface area contributed by atoms with Gasteiger partial charge in [0.2, 0.25) is 0 Å². The fourth-order valence-electron chi connectivity index (χ4n) is 3.51. The zero-order chi connectivity index (χ0) is 13.3. The van der Waals surface area contributed by atoms with Gasteiger partial charge in [-0.1, -0.05) is 0 Å². The number of rotatable bonds is 3. The van der Waals surface area contributed by atoms with Gasteiger partial charge < -0.3 is 10.1 Å². The van der Waals surface area contributed by atoms with E-state index in [1.165, 1.54) is 60.5 Å². The summed E-state index contributed by atoms with van der Waals surface area (Å²) in [5, 5.41) is 4.88. The van der Waals surface area contributed by atoms with Gasteiger partial charge in [-0.25, -0.2) is 4.98 Å². The molecular formula is C15H24N2OS. The number of nitrogens with zero attached hydrogens (tertiary/aromatic N) is 1. The molecule has 2 aliphatic rings. The third-order valence-corrected chi connectivity index (χ3v) is 6.13. The van der Waals surface area contributed by atoms with Crippen LogP contribution in [0.2, 0.25) is 0 Å². The van der Waals surface area contributed by atoms with Crippen molar-refractivity contribution >= 4 is 11.3 Å². The minimum Gasteiger partial charge on any atom is -0.381 e. The molecule has 0 radical (unpaired) electrons. The highest BCUT2D eigenvalue weighted by Crippen LogP contribution is 2.41. The van der Waals surface area contributed by atoms with Crippen LogP contribution in [-0.4, -0.2) is 25.2 Å². The molecule has 0 aliphatic heterocycles. The Morgan fingerprint density at radius 2 is 2.16 bits per heavy atom. The highest BCUT2D eigenvalue weighted by atomic mass is 32.1. The Labute approximate surface area is 119 Å². The Kier molecular flexibility index (Phi) is 3.92. The van der Waals surface area contributed by atoms with Crippen molar-refractivity contribution in [3.63, 3.8) is 0 Å². The Morgan fingerprint density at radius 1 is 1.32 bits per heavy atom. The summed E-state index contributed by atoms with van der Waals surface area (Å²) in [6.45, 7) is 0. The van der Waals surface area contributed by atoms with Gasteiger partial charge in [-0.2, -0.15) is 0 Å². The highest BCUT2D eigenvalue weighted by Gasteiger charge is 2.39. The Hall–Kier alpha value is -0.450. The molecule has 3 nitrogen and oxygen atoms in total. The molecule has 1 heterocycles. The van der Waals surface area contributed by atoms with Crippen LogP contribution >= 0.6 is 11.3 Å². The number of thiazole rings is 1. The van der Waals surface area contributed by atoms with Crippen LogP contribution in [0.3, 0.4) is 0 Å². The molecule has 2 unspecified atom stereocenters. The summed E-state index contributed by atoms with van der Waals surface area (Å²) >= 11 is 1.95. The highest BCUT2D eigenvalue weighted by molar-refractivity contribution is 7.11. The van der Waals surface area contributed by atoms with Gasteiger partial charge in [-0.15, -0.1) is 11.3 Å². The van der Waals surface area contributed by atoms with E-state index < -0.39 is 0 Å². The van der Waals surface area contributed by atoms with E-state index in [1.807, 2.05) is 18.4 Å². The number of aryl methyl sites for hydroxylation is 2. The number of hydrogen-bond donors (Lipinski definition) is 1. The molecule has 1 saturated carbocycles. The summed E-state index contributed by atoms with van der Waals surface area (Å²) in [6, 6.07) is 0. The number of nitrogens with one attached hydrogen (secondary N) is 1. The second kappa shape index (κ2) is 5.51. The van der Waals surface area contributed by atoms with Crippen LogP contribution in [0.5, 0.6) is 0 Å². The van der Waals surface area contributed by atoms with Crippen molar-refractivity contribution in [1.82, 2.24) is 10.3 Å². The number of aromatic nitrogens is 1. The monoisotopic (exact) mass is 280 g/mol. The topological polar surface area (TPSA) is 34.2 Å². The van der Waals surface area contributed by atoms with Crippen LogP contribution < -0.4 is 5.32 Å². The van der Waals surface area contributed by atoms with Crippen LogP contribution in [-0.2, 0) is 23.1 Å². The van der Waals surface area contributed by atoms with Gasteiger partial charge in [0.15, 0.2) is 0 Å². The van der Waals surface area contributed by atoms with Crippen molar-refractivity contribution in [1.29, 1.82) is 0 Å². The predicted molar refractivity (Wildman–Crippen MR) is 78.8 cm³/mol. The summed E-state index contributed by atoms with van der Waals surface area (Å²) in [4.78, 5) is 6.52. The number of fused-ring (bicyclic) bond motifs is 1. The molecule has 0 spiro atoms. The molecule has 4 heteroatoms. The van der Waals surface area contributed by atoms with Gasteiger partial charge >= 0.3 is 0 Å². The molecule has 1 aromatic heterocycles. The van der Waals surface area contributed by atoms with E-state index in [0.717, 1.165) is 6.42 Å². The first-order valence-electron chi connectivity index (χ1n) is 7.48. The number of ether oxygens (including phenoxy) is 1. The van der Waals surface area contributed by atoms with E-state index in [-0.39, 0.29) is 5.54 Å². The minimum absolute atomic E-state index is 0.0565. The van der Waals surface area contributed by atoms with Crippen molar-refractivity contribution in [3.8, 4) is 0 Å². The molecule has 106 valence electrons. The summed E-state index contributed by atoms with van der Waals surface area (Å²) < 4.78 is 5.61. The molecule has 1 aromatic rings. The van der Waals surface area contributed by atoms with E-state index in [4.69, 9.17) is 9.72 Å². The average molecular weight is 280 g/mol. The lowest BCUT2D eigenvalue weighted by Gasteiger charge is -2.38. The van der Waals surface area contributed by atoms with Crippen LogP contribution in [0.4, 0.5) is 0 Å². The van der Waals surface area contributed by atoms with Crippen LogP contribution in [0.1, 0.15) is 54.1 Å². The summed E-state index contributed by atoms with van der Waals surface area (Å²) in [6.07, 6.45) is 10.1.